The lowest BCUT2D eigenvalue weighted by atomic mass is 9.85. The highest BCUT2D eigenvalue weighted by Crippen LogP contribution is 2.54. The van der Waals surface area contributed by atoms with Crippen molar-refractivity contribution >= 4 is 29.3 Å². The SMILES string of the molecule is CCCN(CCC)C(=O)CC(c1ccc(Cl)cc1)N1C(=O)C2C3C=CC(C3)C2C1=O. The Bertz CT molecular complexity index is 830. The molecular weight excluding hydrogens is 400 g/mol. The van der Waals surface area contributed by atoms with Crippen molar-refractivity contribution in [2.24, 2.45) is 23.7 Å². The van der Waals surface area contributed by atoms with Crippen molar-refractivity contribution in [1.29, 1.82) is 0 Å². The van der Waals surface area contributed by atoms with Crippen LogP contribution in [-0.4, -0.2) is 40.6 Å². The fourth-order valence-electron chi connectivity index (χ4n) is 5.47. The average Bonchev–Trinajstić information content (AvgIpc) is 3.41. The van der Waals surface area contributed by atoms with Crippen LogP contribution in [0.3, 0.4) is 0 Å². The van der Waals surface area contributed by atoms with E-state index in [4.69, 9.17) is 11.6 Å². The molecule has 1 aromatic rings. The number of hydrogen-bond donors (Lipinski definition) is 0. The van der Waals surface area contributed by atoms with E-state index in [1.165, 1.54) is 4.90 Å². The maximum Gasteiger partial charge on any atom is 0.234 e. The van der Waals surface area contributed by atoms with Crippen LogP contribution in [0.2, 0.25) is 5.02 Å². The standard InChI is InChI=1S/C24H29ClN2O3/c1-3-11-26(12-4-2)20(28)14-19(15-7-9-18(25)10-8-15)27-23(29)21-16-5-6-17(13-16)22(21)24(27)30/h5-10,16-17,19,21-22H,3-4,11-14H2,1-2H3. The molecule has 160 valence electrons. The molecule has 0 spiro atoms. The molecule has 6 heteroatoms. The lowest BCUT2D eigenvalue weighted by Gasteiger charge is -2.30. The first-order chi connectivity index (χ1) is 14.5. The number of carbonyl (C=O) groups excluding carboxylic acids is 3. The maximum atomic E-state index is 13.4. The molecule has 2 fully saturated rings. The van der Waals surface area contributed by atoms with Gasteiger partial charge in [-0.25, -0.2) is 0 Å². The van der Waals surface area contributed by atoms with Gasteiger partial charge in [0.1, 0.15) is 0 Å². The number of benzene rings is 1. The number of hydrogen-bond acceptors (Lipinski definition) is 3. The van der Waals surface area contributed by atoms with Crippen molar-refractivity contribution in [3.63, 3.8) is 0 Å². The lowest BCUT2D eigenvalue weighted by Crippen LogP contribution is -2.41. The van der Waals surface area contributed by atoms with Crippen LogP contribution in [0.25, 0.3) is 0 Å². The monoisotopic (exact) mass is 428 g/mol. The predicted molar refractivity (Wildman–Crippen MR) is 116 cm³/mol. The third kappa shape index (κ3) is 3.58. The number of nitrogens with zero attached hydrogens (tertiary/aromatic N) is 2. The topological polar surface area (TPSA) is 57.7 Å². The Kier molecular flexibility index (Phi) is 6.01. The van der Waals surface area contributed by atoms with Gasteiger partial charge in [-0.3, -0.25) is 19.3 Å². The zero-order chi connectivity index (χ0) is 21.4. The first-order valence-electron chi connectivity index (χ1n) is 11.0. The summed E-state index contributed by atoms with van der Waals surface area (Å²) >= 11 is 6.07. The van der Waals surface area contributed by atoms with E-state index in [2.05, 4.69) is 12.2 Å². The fraction of sp³-hybridized carbons (Fsp3) is 0.542. The number of halogens is 1. The Morgan fingerprint density at radius 1 is 1.03 bits per heavy atom. The van der Waals surface area contributed by atoms with Crippen LogP contribution in [0.4, 0.5) is 0 Å². The Hall–Kier alpha value is -2.14. The summed E-state index contributed by atoms with van der Waals surface area (Å²) in [7, 11) is 0. The van der Waals surface area contributed by atoms with E-state index < -0.39 is 6.04 Å². The van der Waals surface area contributed by atoms with Crippen LogP contribution in [0.15, 0.2) is 36.4 Å². The highest BCUT2D eigenvalue weighted by Gasteiger charge is 2.60. The minimum absolute atomic E-state index is 0.0163. The van der Waals surface area contributed by atoms with E-state index in [0.29, 0.717) is 18.1 Å². The molecule has 0 radical (unpaired) electrons. The number of likely N-dealkylation sites (tertiary alicyclic amines) is 1. The van der Waals surface area contributed by atoms with Crippen LogP contribution >= 0.6 is 11.6 Å². The molecule has 0 N–H and O–H groups in total. The van der Waals surface area contributed by atoms with Crippen molar-refractivity contribution in [1.82, 2.24) is 9.80 Å². The predicted octanol–water partition coefficient (Wildman–Crippen LogP) is 4.23. The van der Waals surface area contributed by atoms with Gasteiger partial charge in [-0.05, 0) is 48.8 Å². The summed E-state index contributed by atoms with van der Waals surface area (Å²) < 4.78 is 0. The summed E-state index contributed by atoms with van der Waals surface area (Å²) in [5.74, 6) is -0.476. The van der Waals surface area contributed by atoms with Crippen molar-refractivity contribution in [3.8, 4) is 0 Å². The molecule has 1 saturated heterocycles. The van der Waals surface area contributed by atoms with Gasteiger partial charge in [-0.2, -0.15) is 0 Å². The minimum atomic E-state index is -0.587. The number of rotatable bonds is 8. The first kappa shape index (κ1) is 21.1. The summed E-state index contributed by atoms with van der Waals surface area (Å²) in [5.41, 5.74) is 0.780. The smallest absolute Gasteiger partial charge is 0.234 e. The third-order valence-electron chi connectivity index (χ3n) is 6.78. The van der Waals surface area contributed by atoms with Crippen LogP contribution in [0.1, 0.15) is 51.1 Å². The normalized spacial score (nSPS) is 27.6. The van der Waals surface area contributed by atoms with Gasteiger partial charge in [-0.1, -0.05) is 49.7 Å². The van der Waals surface area contributed by atoms with Gasteiger partial charge in [0.15, 0.2) is 0 Å². The van der Waals surface area contributed by atoms with Gasteiger partial charge >= 0.3 is 0 Å². The quantitative estimate of drug-likeness (QED) is 0.460. The number of carbonyl (C=O) groups is 3. The van der Waals surface area contributed by atoms with E-state index in [1.807, 2.05) is 30.9 Å². The Balaban J connectivity index is 1.64. The molecule has 0 aromatic heterocycles. The Morgan fingerprint density at radius 3 is 2.07 bits per heavy atom. The van der Waals surface area contributed by atoms with Gasteiger partial charge in [0, 0.05) is 18.1 Å². The summed E-state index contributed by atoms with van der Waals surface area (Å²) in [4.78, 5) is 43.2. The summed E-state index contributed by atoms with van der Waals surface area (Å²) in [5, 5.41) is 0.584. The van der Waals surface area contributed by atoms with Crippen molar-refractivity contribution in [2.45, 2.75) is 45.6 Å². The molecule has 5 nitrogen and oxygen atoms in total. The molecule has 3 aliphatic rings. The zero-order valence-electron chi connectivity index (χ0n) is 17.6. The second-order valence-electron chi connectivity index (χ2n) is 8.70. The average molecular weight is 429 g/mol. The largest absolute Gasteiger partial charge is 0.343 e. The highest BCUT2D eigenvalue weighted by atomic mass is 35.5. The third-order valence-corrected chi connectivity index (χ3v) is 7.03. The molecular formula is C24H29ClN2O3. The summed E-state index contributed by atoms with van der Waals surface area (Å²) in [6, 6.07) is 6.57. The van der Waals surface area contributed by atoms with Crippen LogP contribution in [-0.2, 0) is 14.4 Å². The molecule has 1 saturated carbocycles. The number of fused-ring (bicyclic) bond motifs is 5. The zero-order valence-corrected chi connectivity index (χ0v) is 18.3. The van der Waals surface area contributed by atoms with E-state index in [9.17, 15) is 14.4 Å². The Morgan fingerprint density at radius 2 is 1.57 bits per heavy atom. The van der Waals surface area contributed by atoms with Crippen molar-refractivity contribution < 1.29 is 14.4 Å². The molecule has 5 unspecified atom stereocenters. The second-order valence-corrected chi connectivity index (χ2v) is 9.14. The van der Waals surface area contributed by atoms with Crippen molar-refractivity contribution in [2.75, 3.05) is 13.1 Å². The van der Waals surface area contributed by atoms with Gasteiger partial charge in [-0.15, -0.1) is 0 Å². The molecule has 5 atom stereocenters. The summed E-state index contributed by atoms with van der Waals surface area (Å²) in [6.45, 7) is 5.46. The molecule has 1 heterocycles. The van der Waals surface area contributed by atoms with E-state index in [-0.39, 0.29) is 47.8 Å². The van der Waals surface area contributed by atoms with Gasteiger partial charge in [0.25, 0.3) is 0 Å². The molecule has 30 heavy (non-hydrogen) atoms. The number of imide groups is 1. The molecule has 3 amide bonds. The molecule has 2 aliphatic carbocycles. The Labute approximate surface area is 183 Å². The molecule has 1 aliphatic heterocycles. The fourth-order valence-corrected chi connectivity index (χ4v) is 5.60. The van der Waals surface area contributed by atoms with Crippen LogP contribution < -0.4 is 0 Å². The van der Waals surface area contributed by atoms with Crippen LogP contribution in [0, 0.1) is 23.7 Å². The summed E-state index contributed by atoms with van der Waals surface area (Å²) in [6.07, 6.45) is 6.93. The first-order valence-corrected chi connectivity index (χ1v) is 11.4. The van der Waals surface area contributed by atoms with Crippen molar-refractivity contribution in [3.05, 3.63) is 47.0 Å². The van der Waals surface area contributed by atoms with Crippen LogP contribution in [0.5, 0.6) is 0 Å². The second kappa shape index (κ2) is 8.54. The van der Waals surface area contributed by atoms with E-state index in [0.717, 1.165) is 24.8 Å². The van der Waals surface area contributed by atoms with E-state index in [1.54, 1.807) is 12.1 Å². The molecule has 4 rings (SSSR count). The maximum absolute atomic E-state index is 13.4. The molecule has 1 aromatic carbocycles. The number of allylic oxidation sites excluding steroid dienone is 2. The minimum Gasteiger partial charge on any atom is -0.343 e. The lowest BCUT2D eigenvalue weighted by molar-refractivity contribution is -0.145. The molecule has 2 bridgehead atoms. The highest BCUT2D eigenvalue weighted by molar-refractivity contribution is 6.30. The van der Waals surface area contributed by atoms with Gasteiger partial charge in [0.2, 0.25) is 17.7 Å². The van der Waals surface area contributed by atoms with Gasteiger partial charge < -0.3 is 4.90 Å². The number of amides is 3. The van der Waals surface area contributed by atoms with E-state index >= 15 is 0 Å². The van der Waals surface area contributed by atoms with Gasteiger partial charge in [0.05, 0.1) is 24.3 Å².